The van der Waals surface area contributed by atoms with Crippen LogP contribution in [-0.4, -0.2) is 78.2 Å². The van der Waals surface area contributed by atoms with Crippen LogP contribution in [0.4, 0.5) is 10.5 Å². The Morgan fingerprint density at radius 1 is 1.03 bits per heavy atom. The topological polar surface area (TPSA) is 131 Å². The van der Waals surface area contributed by atoms with Crippen molar-refractivity contribution in [2.24, 2.45) is 0 Å². The summed E-state index contributed by atoms with van der Waals surface area (Å²) in [6, 6.07) is 11.6. The number of morpholine rings is 1. The summed E-state index contributed by atoms with van der Waals surface area (Å²) in [4.78, 5) is 23.4. The third-order valence-corrected chi connectivity index (χ3v) is 8.05. The van der Waals surface area contributed by atoms with Crippen LogP contribution in [0.1, 0.15) is 24.7 Å². The molecule has 0 atom stereocenters. The number of pyridine rings is 1. The van der Waals surface area contributed by atoms with Crippen LogP contribution < -0.4 is 5.32 Å². The molecule has 1 aromatic carbocycles. The molecule has 12 heteroatoms. The van der Waals surface area contributed by atoms with Crippen molar-refractivity contribution >= 4 is 21.7 Å². The van der Waals surface area contributed by atoms with Crippen LogP contribution >= 0.6 is 0 Å². The summed E-state index contributed by atoms with van der Waals surface area (Å²) in [6.07, 6.45) is 3.04. The van der Waals surface area contributed by atoms with Gasteiger partial charge in [-0.05, 0) is 43.2 Å². The molecule has 2 aromatic heterocycles. The van der Waals surface area contributed by atoms with Crippen molar-refractivity contribution in [2.45, 2.75) is 23.7 Å². The van der Waals surface area contributed by atoms with Crippen molar-refractivity contribution in [3.63, 3.8) is 0 Å². The number of anilines is 1. The minimum atomic E-state index is -3.64. The van der Waals surface area contributed by atoms with Gasteiger partial charge in [-0.25, -0.2) is 13.2 Å². The number of likely N-dealkylation sites (tertiary alicyclic amines) is 1. The van der Waals surface area contributed by atoms with Gasteiger partial charge in [-0.2, -0.15) is 9.29 Å². The summed E-state index contributed by atoms with van der Waals surface area (Å²) in [7, 11) is -3.64. The number of carbonyl (C=O) groups is 1. The monoisotopic (exact) mass is 498 g/mol. The molecule has 2 aliphatic rings. The van der Waals surface area contributed by atoms with E-state index in [0.29, 0.717) is 75.3 Å². The Balaban J connectivity index is 1.18. The van der Waals surface area contributed by atoms with Crippen molar-refractivity contribution in [3.05, 3.63) is 54.6 Å². The van der Waals surface area contributed by atoms with Gasteiger partial charge in [0.15, 0.2) is 0 Å². The second kappa shape index (κ2) is 10.1. The Hall–Kier alpha value is -3.35. The second-order valence-electron chi connectivity index (χ2n) is 8.41. The normalized spacial score (nSPS) is 17.9. The molecule has 5 rings (SSSR count). The second-order valence-corrected chi connectivity index (χ2v) is 10.3. The third kappa shape index (κ3) is 5.19. The van der Waals surface area contributed by atoms with Crippen molar-refractivity contribution in [2.75, 3.05) is 44.7 Å². The zero-order chi connectivity index (χ0) is 24.3. The molecule has 11 nitrogen and oxygen atoms in total. The first kappa shape index (κ1) is 23.4. The number of carbonyl (C=O) groups excluding carboxylic acids is 1. The number of ether oxygens (including phenoxy) is 1. The van der Waals surface area contributed by atoms with E-state index in [9.17, 15) is 13.2 Å². The molecule has 1 N–H and O–H groups in total. The lowest BCUT2D eigenvalue weighted by molar-refractivity contribution is 0.0730. The summed E-state index contributed by atoms with van der Waals surface area (Å²) < 4.78 is 37.9. The zero-order valence-electron chi connectivity index (χ0n) is 19.0. The van der Waals surface area contributed by atoms with Gasteiger partial charge in [0.25, 0.3) is 0 Å². The quantitative estimate of drug-likeness (QED) is 0.568. The maximum atomic E-state index is 12.9. The molecule has 35 heavy (non-hydrogen) atoms. The van der Waals surface area contributed by atoms with Gasteiger partial charge in [0.05, 0.1) is 18.1 Å². The van der Waals surface area contributed by atoms with E-state index in [4.69, 9.17) is 9.26 Å². The summed E-state index contributed by atoms with van der Waals surface area (Å²) in [5, 5.41) is 6.86. The number of rotatable bonds is 5. The fourth-order valence-corrected chi connectivity index (χ4v) is 5.66. The molecule has 2 fully saturated rings. The molecule has 2 amide bonds. The SMILES string of the molecule is O=C(Nc1cccc(S(=O)(=O)N2CCOCC2)c1)N1CCC(c2nc(-c3ccccn3)no2)CC1. The summed E-state index contributed by atoms with van der Waals surface area (Å²) in [5.74, 6) is 1.06. The van der Waals surface area contributed by atoms with Gasteiger partial charge >= 0.3 is 6.03 Å². The number of urea groups is 1. The Morgan fingerprint density at radius 2 is 1.83 bits per heavy atom. The van der Waals surface area contributed by atoms with Crippen LogP contribution in [0, 0.1) is 0 Å². The van der Waals surface area contributed by atoms with Crippen LogP contribution in [-0.2, 0) is 14.8 Å². The molecule has 0 bridgehead atoms. The fraction of sp³-hybridized carbons (Fsp3) is 0.391. The lowest BCUT2D eigenvalue weighted by Gasteiger charge is -2.30. The van der Waals surface area contributed by atoms with E-state index in [1.54, 1.807) is 23.2 Å². The first-order valence-corrected chi connectivity index (χ1v) is 12.9. The van der Waals surface area contributed by atoms with Crippen molar-refractivity contribution in [1.82, 2.24) is 24.3 Å². The number of benzene rings is 1. The molecule has 0 unspecified atom stereocenters. The van der Waals surface area contributed by atoms with E-state index in [-0.39, 0.29) is 16.8 Å². The average molecular weight is 499 g/mol. The number of hydrogen-bond donors (Lipinski definition) is 1. The van der Waals surface area contributed by atoms with E-state index in [1.807, 2.05) is 18.2 Å². The number of amides is 2. The molecular weight excluding hydrogens is 472 g/mol. The highest BCUT2D eigenvalue weighted by Gasteiger charge is 2.29. The molecule has 184 valence electrons. The van der Waals surface area contributed by atoms with E-state index in [2.05, 4.69) is 20.4 Å². The molecule has 4 heterocycles. The Morgan fingerprint density at radius 3 is 2.57 bits per heavy atom. The number of sulfonamides is 1. The molecule has 0 radical (unpaired) electrons. The Kier molecular flexibility index (Phi) is 6.75. The number of nitrogens with one attached hydrogen (secondary N) is 1. The first-order chi connectivity index (χ1) is 17.0. The highest BCUT2D eigenvalue weighted by Crippen LogP contribution is 2.29. The van der Waals surface area contributed by atoms with Crippen LogP contribution in [0.5, 0.6) is 0 Å². The minimum Gasteiger partial charge on any atom is -0.379 e. The predicted molar refractivity (Wildman–Crippen MR) is 126 cm³/mol. The molecule has 0 saturated carbocycles. The van der Waals surface area contributed by atoms with E-state index in [1.165, 1.54) is 16.4 Å². The lowest BCUT2D eigenvalue weighted by atomic mass is 9.97. The zero-order valence-corrected chi connectivity index (χ0v) is 19.9. The predicted octanol–water partition coefficient (Wildman–Crippen LogP) is 2.56. The highest BCUT2D eigenvalue weighted by molar-refractivity contribution is 7.89. The van der Waals surface area contributed by atoms with Gasteiger partial charge in [-0.15, -0.1) is 0 Å². The van der Waals surface area contributed by atoms with Crippen molar-refractivity contribution < 1.29 is 22.5 Å². The first-order valence-electron chi connectivity index (χ1n) is 11.5. The maximum Gasteiger partial charge on any atom is 0.321 e. The number of nitrogens with zero attached hydrogens (tertiary/aromatic N) is 5. The minimum absolute atomic E-state index is 0.0611. The van der Waals surface area contributed by atoms with Gasteiger partial charge in [-0.3, -0.25) is 4.98 Å². The van der Waals surface area contributed by atoms with Crippen LogP contribution in [0.2, 0.25) is 0 Å². The number of aromatic nitrogens is 3. The van der Waals surface area contributed by atoms with Crippen LogP contribution in [0.25, 0.3) is 11.5 Å². The molecule has 0 aliphatic carbocycles. The fourth-order valence-electron chi connectivity index (χ4n) is 4.20. The summed E-state index contributed by atoms with van der Waals surface area (Å²) >= 11 is 0. The smallest absolute Gasteiger partial charge is 0.321 e. The summed E-state index contributed by atoms with van der Waals surface area (Å²) in [6.45, 7) is 2.42. The maximum absolute atomic E-state index is 12.9. The third-order valence-electron chi connectivity index (χ3n) is 6.16. The molecule has 2 aliphatic heterocycles. The number of hydrogen-bond acceptors (Lipinski definition) is 8. The van der Waals surface area contributed by atoms with Gasteiger partial charge in [0.2, 0.25) is 21.7 Å². The highest BCUT2D eigenvalue weighted by atomic mass is 32.2. The number of piperidine rings is 1. The van der Waals surface area contributed by atoms with E-state index in [0.717, 1.165) is 0 Å². The lowest BCUT2D eigenvalue weighted by Crippen LogP contribution is -2.41. The van der Waals surface area contributed by atoms with Gasteiger partial charge in [-0.1, -0.05) is 17.3 Å². The van der Waals surface area contributed by atoms with E-state index >= 15 is 0 Å². The van der Waals surface area contributed by atoms with E-state index < -0.39 is 10.0 Å². The standard InChI is InChI=1S/C23H26N6O5S/c30-23(25-18-4-3-5-19(16-18)35(31,32)29-12-14-33-15-13-29)28-10-7-17(8-11-28)22-26-21(27-34-22)20-6-1-2-9-24-20/h1-6,9,16-17H,7-8,10-15H2,(H,25,30). The summed E-state index contributed by atoms with van der Waals surface area (Å²) in [5.41, 5.74) is 1.08. The van der Waals surface area contributed by atoms with Crippen LogP contribution in [0.3, 0.4) is 0 Å². The Bertz CT molecular complexity index is 1270. The van der Waals surface area contributed by atoms with Gasteiger partial charge in [0.1, 0.15) is 5.69 Å². The van der Waals surface area contributed by atoms with Crippen molar-refractivity contribution in [3.8, 4) is 11.5 Å². The van der Waals surface area contributed by atoms with Crippen molar-refractivity contribution in [1.29, 1.82) is 0 Å². The molecule has 3 aromatic rings. The average Bonchev–Trinajstić information content (AvgIpc) is 3.40. The van der Waals surface area contributed by atoms with Gasteiger partial charge < -0.3 is 19.5 Å². The molecule has 0 spiro atoms. The molecule has 2 saturated heterocycles. The largest absolute Gasteiger partial charge is 0.379 e. The molecular formula is C23H26N6O5S. The van der Waals surface area contributed by atoms with Crippen LogP contribution in [0.15, 0.2) is 58.1 Å². The Labute approximate surface area is 203 Å². The van der Waals surface area contributed by atoms with Gasteiger partial charge in [0, 0.05) is 44.0 Å².